The Bertz CT molecular complexity index is 535. The standard InChI is InChI=1S/C13H9Cl2F/c1-8-10(3-2-4-12(8)14)11-6-5-9(16)7-13(11)15/h2-7H,1H3. The van der Waals surface area contributed by atoms with E-state index in [2.05, 4.69) is 0 Å². The molecule has 0 aromatic heterocycles. The van der Waals surface area contributed by atoms with Gasteiger partial charge in [0.2, 0.25) is 0 Å². The molecule has 0 fully saturated rings. The monoisotopic (exact) mass is 254 g/mol. The zero-order valence-corrected chi connectivity index (χ0v) is 10.1. The molecule has 0 aliphatic rings. The summed E-state index contributed by atoms with van der Waals surface area (Å²) in [5.74, 6) is -0.339. The molecule has 2 aromatic carbocycles. The summed E-state index contributed by atoms with van der Waals surface area (Å²) in [6.45, 7) is 1.91. The molecule has 0 unspecified atom stereocenters. The Kier molecular flexibility index (Phi) is 3.17. The predicted octanol–water partition coefficient (Wildman–Crippen LogP) is 5.11. The van der Waals surface area contributed by atoms with E-state index >= 15 is 0 Å². The molecule has 82 valence electrons. The van der Waals surface area contributed by atoms with Crippen molar-refractivity contribution < 1.29 is 4.39 Å². The van der Waals surface area contributed by atoms with Crippen LogP contribution in [-0.2, 0) is 0 Å². The lowest BCUT2D eigenvalue weighted by atomic mass is 10.0. The second-order valence-electron chi connectivity index (χ2n) is 3.54. The molecular weight excluding hydrogens is 246 g/mol. The fourth-order valence-corrected chi connectivity index (χ4v) is 2.05. The van der Waals surface area contributed by atoms with Crippen molar-refractivity contribution in [1.29, 1.82) is 0 Å². The van der Waals surface area contributed by atoms with E-state index in [4.69, 9.17) is 23.2 Å². The normalized spacial score (nSPS) is 10.5. The van der Waals surface area contributed by atoms with Crippen molar-refractivity contribution in [1.82, 2.24) is 0 Å². The summed E-state index contributed by atoms with van der Waals surface area (Å²) in [4.78, 5) is 0. The van der Waals surface area contributed by atoms with Gasteiger partial charge in [-0.2, -0.15) is 0 Å². The third kappa shape index (κ3) is 2.06. The number of rotatable bonds is 1. The molecule has 0 heterocycles. The highest BCUT2D eigenvalue weighted by molar-refractivity contribution is 6.34. The van der Waals surface area contributed by atoms with Crippen molar-refractivity contribution in [2.75, 3.05) is 0 Å². The average molecular weight is 255 g/mol. The molecule has 0 aliphatic heterocycles. The van der Waals surface area contributed by atoms with Crippen LogP contribution in [0.5, 0.6) is 0 Å². The zero-order valence-electron chi connectivity index (χ0n) is 8.60. The van der Waals surface area contributed by atoms with E-state index in [9.17, 15) is 4.39 Å². The van der Waals surface area contributed by atoms with Crippen LogP contribution in [0.4, 0.5) is 4.39 Å². The van der Waals surface area contributed by atoms with Gasteiger partial charge in [-0.05, 0) is 42.3 Å². The number of halogens is 3. The lowest BCUT2D eigenvalue weighted by molar-refractivity contribution is 0.628. The maximum absolute atomic E-state index is 12.9. The summed E-state index contributed by atoms with van der Waals surface area (Å²) in [5.41, 5.74) is 2.67. The van der Waals surface area contributed by atoms with Gasteiger partial charge in [0.1, 0.15) is 5.82 Å². The summed E-state index contributed by atoms with van der Waals surface area (Å²) < 4.78 is 12.9. The fourth-order valence-electron chi connectivity index (χ4n) is 1.61. The van der Waals surface area contributed by atoms with Crippen LogP contribution >= 0.6 is 23.2 Å². The zero-order chi connectivity index (χ0) is 11.7. The third-order valence-electron chi connectivity index (χ3n) is 2.49. The minimum atomic E-state index is -0.339. The van der Waals surface area contributed by atoms with E-state index < -0.39 is 0 Å². The maximum Gasteiger partial charge on any atom is 0.124 e. The first-order valence-electron chi connectivity index (χ1n) is 4.80. The van der Waals surface area contributed by atoms with Crippen LogP contribution in [-0.4, -0.2) is 0 Å². The van der Waals surface area contributed by atoms with Gasteiger partial charge in [-0.3, -0.25) is 0 Å². The van der Waals surface area contributed by atoms with Crippen LogP contribution in [0.15, 0.2) is 36.4 Å². The first kappa shape index (κ1) is 11.4. The highest BCUT2D eigenvalue weighted by Crippen LogP contribution is 2.33. The van der Waals surface area contributed by atoms with Gasteiger partial charge in [0, 0.05) is 10.6 Å². The Hall–Kier alpha value is -1.05. The first-order valence-corrected chi connectivity index (χ1v) is 5.55. The van der Waals surface area contributed by atoms with Crippen LogP contribution in [0.2, 0.25) is 10.0 Å². The van der Waals surface area contributed by atoms with Gasteiger partial charge < -0.3 is 0 Å². The van der Waals surface area contributed by atoms with E-state index in [0.717, 1.165) is 16.7 Å². The molecule has 2 aromatic rings. The summed E-state index contributed by atoms with van der Waals surface area (Å²) in [7, 11) is 0. The molecule has 0 N–H and O–H groups in total. The summed E-state index contributed by atoms with van der Waals surface area (Å²) in [6, 6.07) is 9.94. The molecular formula is C13H9Cl2F. The van der Waals surface area contributed by atoms with Crippen LogP contribution in [0.25, 0.3) is 11.1 Å². The van der Waals surface area contributed by atoms with Gasteiger partial charge >= 0.3 is 0 Å². The molecule has 0 spiro atoms. The van der Waals surface area contributed by atoms with E-state index in [0.29, 0.717) is 10.0 Å². The van der Waals surface area contributed by atoms with Crippen molar-refractivity contribution in [2.24, 2.45) is 0 Å². The molecule has 2 rings (SSSR count). The molecule has 0 radical (unpaired) electrons. The largest absolute Gasteiger partial charge is 0.207 e. The number of hydrogen-bond acceptors (Lipinski definition) is 0. The Morgan fingerprint density at radius 2 is 1.69 bits per heavy atom. The quantitative estimate of drug-likeness (QED) is 0.664. The molecule has 0 saturated carbocycles. The predicted molar refractivity (Wildman–Crippen MR) is 66.6 cm³/mol. The third-order valence-corrected chi connectivity index (χ3v) is 3.21. The Balaban J connectivity index is 2.63. The lowest BCUT2D eigenvalue weighted by Gasteiger charge is -2.09. The van der Waals surface area contributed by atoms with Gasteiger partial charge in [0.15, 0.2) is 0 Å². The average Bonchev–Trinajstić information content (AvgIpc) is 2.23. The molecule has 0 nitrogen and oxygen atoms in total. The lowest BCUT2D eigenvalue weighted by Crippen LogP contribution is -1.86. The van der Waals surface area contributed by atoms with E-state index in [1.165, 1.54) is 12.1 Å². The molecule has 0 atom stereocenters. The molecule has 0 bridgehead atoms. The number of hydrogen-bond donors (Lipinski definition) is 0. The fraction of sp³-hybridized carbons (Fsp3) is 0.0769. The van der Waals surface area contributed by atoms with E-state index in [1.54, 1.807) is 6.07 Å². The highest BCUT2D eigenvalue weighted by atomic mass is 35.5. The topological polar surface area (TPSA) is 0 Å². The van der Waals surface area contributed by atoms with E-state index in [-0.39, 0.29) is 5.82 Å². The van der Waals surface area contributed by atoms with E-state index in [1.807, 2.05) is 25.1 Å². The summed E-state index contributed by atoms with van der Waals surface area (Å²) >= 11 is 12.0. The van der Waals surface area contributed by atoms with Gasteiger partial charge in [-0.1, -0.05) is 35.3 Å². The van der Waals surface area contributed by atoms with Crippen LogP contribution < -0.4 is 0 Å². The minimum Gasteiger partial charge on any atom is -0.207 e. The minimum absolute atomic E-state index is 0.339. The SMILES string of the molecule is Cc1c(Cl)cccc1-c1ccc(F)cc1Cl. The second-order valence-corrected chi connectivity index (χ2v) is 4.35. The summed E-state index contributed by atoms with van der Waals surface area (Å²) in [5, 5.41) is 1.07. The van der Waals surface area contributed by atoms with Crippen molar-refractivity contribution in [3.8, 4) is 11.1 Å². The molecule has 3 heteroatoms. The summed E-state index contributed by atoms with van der Waals surface area (Å²) in [6.07, 6.45) is 0. The first-order chi connectivity index (χ1) is 7.59. The van der Waals surface area contributed by atoms with Crippen molar-refractivity contribution in [2.45, 2.75) is 6.92 Å². The molecule has 0 saturated heterocycles. The van der Waals surface area contributed by atoms with Gasteiger partial charge in [-0.15, -0.1) is 0 Å². The second kappa shape index (κ2) is 4.44. The van der Waals surface area contributed by atoms with Crippen molar-refractivity contribution >= 4 is 23.2 Å². The number of benzene rings is 2. The molecule has 0 amide bonds. The smallest absolute Gasteiger partial charge is 0.124 e. The van der Waals surface area contributed by atoms with Gasteiger partial charge in [0.25, 0.3) is 0 Å². The highest BCUT2D eigenvalue weighted by Gasteiger charge is 2.08. The Morgan fingerprint density at radius 3 is 2.38 bits per heavy atom. The van der Waals surface area contributed by atoms with Crippen molar-refractivity contribution in [3.05, 3.63) is 57.8 Å². The molecule has 16 heavy (non-hydrogen) atoms. The van der Waals surface area contributed by atoms with Crippen molar-refractivity contribution in [3.63, 3.8) is 0 Å². The Morgan fingerprint density at radius 1 is 0.938 bits per heavy atom. The van der Waals surface area contributed by atoms with Gasteiger partial charge in [0.05, 0.1) is 5.02 Å². The van der Waals surface area contributed by atoms with Crippen LogP contribution in [0, 0.1) is 12.7 Å². The van der Waals surface area contributed by atoms with Crippen LogP contribution in [0.1, 0.15) is 5.56 Å². The molecule has 0 aliphatic carbocycles. The Labute approximate surface area is 104 Å². The maximum atomic E-state index is 12.9. The van der Waals surface area contributed by atoms with Crippen LogP contribution in [0.3, 0.4) is 0 Å². The van der Waals surface area contributed by atoms with Gasteiger partial charge in [-0.25, -0.2) is 4.39 Å².